The second kappa shape index (κ2) is 7.28. The molecule has 0 saturated heterocycles. The highest BCUT2D eigenvalue weighted by molar-refractivity contribution is 6.35. The molecule has 3 aromatic rings. The lowest BCUT2D eigenvalue weighted by molar-refractivity contribution is -0.142. The van der Waals surface area contributed by atoms with E-state index in [1.165, 1.54) is 24.4 Å². The Bertz CT molecular complexity index is 1080. The molecule has 1 unspecified atom stereocenters. The molecule has 27 heavy (non-hydrogen) atoms. The highest BCUT2D eigenvalue weighted by atomic mass is 35.5. The summed E-state index contributed by atoms with van der Waals surface area (Å²) in [5.41, 5.74) is 0.428. The first-order valence-corrected chi connectivity index (χ1v) is 8.69. The van der Waals surface area contributed by atoms with Gasteiger partial charge in [0.1, 0.15) is 11.7 Å². The van der Waals surface area contributed by atoms with Crippen molar-refractivity contribution < 1.29 is 14.7 Å². The van der Waals surface area contributed by atoms with Crippen LogP contribution in [0.25, 0.3) is 10.9 Å². The first-order chi connectivity index (χ1) is 12.8. The van der Waals surface area contributed by atoms with E-state index in [0.29, 0.717) is 10.6 Å². The molecular formula is C19H18ClN3O4. The Morgan fingerprint density at radius 2 is 2.00 bits per heavy atom. The van der Waals surface area contributed by atoms with Crippen molar-refractivity contribution in [3.63, 3.8) is 0 Å². The second-order valence-electron chi connectivity index (χ2n) is 6.52. The van der Waals surface area contributed by atoms with Crippen LogP contribution < -0.4 is 10.9 Å². The third-order valence-corrected chi connectivity index (χ3v) is 4.58. The summed E-state index contributed by atoms with van der Waals surface area (Å²) < 4.78 is 1.12. The average Bonchev–Trinajstić information content (AvgIpc) is 3.06. The number of aliphatic carboxylic acids is 1. The summed E-state index contributed by atoms with van der Waals surface area (Å²) in [7, 11) is 0. The molecule has 0 bridgehead atoms. The zero-order chi connectivity index (χ0) is 19.7. The molecule has 3 N–H and O–H groups in total. The molecule has 3 rings (SSSR count). The number of carboxylic acids is 1. The SMILES string of the molecule is CC(C)C(C(=O)O)n1cccc(NC(=O)c2cc(Cl)c3[nH]ccc3c2)c1=O. The zero-order valence-corrected chi connectivity index (χ0v) is 15.4. The van der Waals surface area contributed by atoms with Gasteiger partial charge in [0.2, 0.25) is 0 Å². The van der Waals surface area contributed by atoms with E-state index in [9.17, 15) is 19.5 Å². The molecule has 8 heteroatoms. The Morgan fingerprint density at radius 1 is 1.26 bits per heavy atom. The van der Waals surface area contributed by atoms with Gasteiger partial charge in [-0.25, -0.2) is 4.79 Å². The van der Waals surface area contributed by atoms with Gasteiger partial charge in [-0.15, -0.1) is 0 Å². The number of carbonyl (C=O) groups excluding carboxylic acids is 1. The van der Waals surface area contributed by atoms with Crippen molar-refractivity contribution in [2.45, 2.75) is 19.9 Å². The van der Waals surface area contributed by atoms with E-state index in [1.807, 2.05) is 0 Å². The highest BCUT2D eigenvalue weighted by Gasteiger charge is 2.25. The predicted octanol–water partition coefficient (Wildman–Crippen LogP) is 3.52. The summed E-state index contributed by atoms with van der Waals surface area (Å²) in [4.78, 5) is 39.8. The number of nitrogens with zero attached hydrogens (tertiary/aromatic N) is 1. The maximum Gasteiger partial charge on any atom is 0.327 e. The minimum Gasteiger partial charge on any atom is -0.480 e. The Labute approximate surface area is 159 Å². The van der Waals surface area contributed by atoms with Crippen LogP contribution >= 0.6 is 11.6 Å². The Kier molecular flexibility index (Phi) is 5.05. The summed E-state index contributed by atoms with van der Waals surface area (Å²) in [6.07, 6.45) is 3.12. The molecule has 0 fully saturated rings. The molecule has 2 aromatic heterocycles. The van der Waals surface area contributed by atoms with Gasteiger partial charge in [-0.1, -0.05) is 25.4 Å². The van der Waals surface area contributed by atoms with Crippen molar-refractivity contribution in [2.24, 2.45) is 5.92 Å². The number of benzene rings is 1. The van der Waals surface area contributed by atoms with Crippen LogP contribution in [0.15, 0.2) is 47.5 Å². The number of nitrogens with one attached hydrogen (secondary N) is 2. The fourth-order valence-electron chi connectivity index (χ4n) is 3.00. The monoisotopic (exact) mass is 387 g/mol. The zero-order valence-electron chi connectivity index (χ0n) is 14.7. The van der Waals surface area contributed by atoms with Crippen molar-refractivity contribution in [1.29, 1.82) is 0 Å². The molecule has 0 aliphatic heterocycles. The summed E-state index contributed by atoms with van der Waals surface area (Å²) in [6.45, 7) is 3.43. The van der Waals surface area contributed by atoms with Crippen molar-refractivity contribution in [3.8, 4) is 0 Å². The molecule has 1 atom stereocenters. The molecule has 0 aliphatic rings. The number of aromatic amines is 1. The molecule has 0 radical (unpaired) electrons. The number of amides is 1. The van der Waals surface area contributed by atoms with Gasteiger partial charge in [0.25, 0.3) is 11.5 Å². The topological polar surface area (TPSA) is 104 Å². The lowest BCUT2D eigenvalue weighted by atomic mass is 10.0. The number of carboxylic acid groups (broad SMARTS) is 1. The van der Waals surface area contributed by atoms with Crippen LogP contribution in [0.5, 0.6) is 0 Å². The molecule has 1 amide bonds. The molecular weight excluding hydrogens is 370 g/mol. The Hall–Kier alpha value is -3.06. The maximum atomic E-state index is 12.7. The van der Waals surface area contributed by atoms with Crippen molar-refractivity contribution in [1.82, 2.24) is 9.55 Å². The van der Waals surface area contributed by atoms with E-state index < -0.39 is 23.5 Å². The third kappa shape index (κ3) is 3.59. The first kappa shape index (κ1) is 18.7. The highest BCUT2D eigenvalue weighted by Crippen LogP contribution is 2.24. The van der Waals surface area contributed by atoms with Crippen LogP contribution in [0.3, 0.4) is 0 Å². The number of fused-ring (bicyclic) bond motifs is 1. The molecule has 140 valence electrons. The Balaban J connectivity index is 1.95. The largest absolute Gasteiger partial charge is 0.480 e. The Morgan fingerprint density at radius 3 is 2.67 bits per heavy atom. The van der Waals surface area contributed by atoms with E-state index in [0.717, 1.165) is 15.5 Å². The summed E-state index contributed by atoms with van der Waals surface area (Å²) in [5, 5.41) is 13.1. The van der Waals surface area contributed by atoms with Crippen molar-refractivity contribution in [3.05, 3.63) is 63.7 Å². The fraction of sp³-hybridized carbons (Fsp3) is 0.211. The molecule has 2 heterocycles. The number of hydrogen-bond acceptors (Lipinski definition) is 3. The smallest absolute Gasteiger partial charge is 0.327 e. The van der Waals surface area contributed by atoms with E-state index in [4.69, 9.17) is 11.6 Å². The minimum atomic E-state index is -1.11. The van der Waals surface area contributed by atoms with Crippen LogP contribution in [0, 0.1) is 5.92 Å². The number of rotatable bonds is 5. The number of pyridine rings is 1. The number of hydrogen-bond donors (Lipinski definition) is 3. The van der Waals surface area contributed by atoms with Crippen LogP contribution in [-0.4, -0.2) is 26.5 Å². The first-order valence-electron chi connectivity index (χ1n) is 8.31. The van der Waals surface area contributed by atoms with E-state index >= 15 is 0 Å². The summed E-state index contributed by atoms with van der Waals surface area (Å²) >= 11 is 6.18. The molecule has 0 spiro atoms. The number of aromatic nitrogens is 2. The normalized spacial score (nSPS) is 12.3. The van der Waals surface area contributed by atoms with Crippen molar-refractivity contribution in [2.75, 3.05) is 5.32 Å². The van der Waals surface area contributed by atoms with Gasteiger partial charge in [-0.05, 0) is 36.2 Å². The van der Waals surface area contributed by atoms with Gasteiger partial charge in [0, 0.05) is 23.3 Å². The standard InChI is InChI=1S/C19H18ClN3O4/c1-10(2)16(19(26)27)23-7-3-4-14(18(23)25)22-17(24)12-8-11-5-6-21-15(11)13(20)9-12/h3-10,16,21H,1-2H3,(H,22,24)(H,26,27). The number of carbonyl (C=O) groups is 2. The third-order valence-electron chi connectivity index (χ3n) is 4.28. The maximum absolute atomic E-state index is 12.7. The molecule has 1 aromatic carbocycles. The number of anilines is 1. The summed E-state index contributed by atoms with van der Waals surface area (Å²) in [5.74, 6) is -1.92. The minimum absolute atomic E-state index is 0.000289. The van der Waals surface area contributed by atoms with Crippen LogP contribution in [0.1, 0.15) is 30.2 Å². The van der Waals surface area contributed by atoms with Crippen LogP contribution in [0.2, 0.25) is 5.02 Å². The second-order valence-corrected chi connectivity index (χ2v) is 6.92. The molecule has 0 aliphatic carbocycles. The quantitative estimate of drug-likeness (QED) is 0.623. The molecule has 0 saturated carbocycles. The van der Waals surface area contributed by atoms with Gasteiger partial charge in [-0.2, -0.15) is 0 Å². The van der Waals surface area contributed by atoms with Gasteiger partial charge in [0.05, 0.1) is 10.5 Å². The number of halogens is 1. The average molecular weight is 388 g/mol. The predicted molar refractivity (Wildman–Crippen MR) is 103 cm³/mol. The van der Waals surface area contributed by atoms with Gasteiger partial charge in [-0.3, -0.25) is 14.2 Å². The lowest BCUT2D eigenvalue weighted by Gasteiger charge is -2.19. The lowest BCUT2D eigenvalue weighted by Crippen LogP contribution is -2.34. The van der Waals surface area contributed by atoms with Crippen LogP contribution in [0.4, 0.5) is 5.69 Å². The molecule has 7 nitrogen and oxygen atoms in total. The fourth-order valence-corrected chi connectivity index (χ4v) is 3.28. The summed E-state index contributed by atoms with van der Waals surface area (Å²) in [6, 6.07) is 6.88. The van der Waals surface area contributed by atoms with E-state index in [2.05, 4.69) is 10.3 Å². The van der Waals surface area contributed by atoms with Crippen LogP contribution in [-0.2, 0) is 4.79 Å². The van der Waals surface area contributed by atoms with Crippen molar-refractivity contribution >= 4 is 40.1 Å². The van der Waals surface area contributed by atoms with Gasteiger partial charge in [0.15, 0.2) is 0 Å². The van der Waals surface area contributed by atoms with E-state index in [-0.39, 0.29) is 11.6 Å². The van der Waals surface area contributed by atoms with E-state index in [1.54, 1.807) is 32.2 Å². The van der Waals surface area contributed by atoms with Gasteiger partial charge >= 0.3 is 5.97 Å². The number of H-pyrrole nitrogens is 1. The van der Waals surface area contributed by atoms with Gasteiger partial charge < -0.3 is 15.4 Å².